The second-order valence-electron chi connectivity index (χ2n) is 5.22. The van der Waals surface area contributed by atoms with Crippen LogP contribution in [0.5, 0.6) is 11.5 Å². The summed E-state index contributed by atoms with van der Waals surface area (Å²) in [5.41, 5.74) is 1.70. The average molecular weight is 378 g/mol. The van der Waals surface area contributed by atoms with E-state index in [1.54, 1.807) is 26.4 Å². The standard InChI is InChI=1S/C18H20BrNO3/c1-12(13-7-5-4-6-8-13)11-20-18(21)14-9-15(22-2)17(19)16(10-14)23-3/h4-10,12H,11H2,1-3H3,(H,20,21)/t12-/m1/s1. The molecule has 0 aliphatic carbocycles. The van der Waals surface area contributed by atoms with Gasteiger partial charge in [0.15, 0.2) is 0 Å². The highest BCUT2D eigenvalue weighted by Crippen LogP contribution is 2.35. The van der Waals surface area contributed by atoms with Crippen LogP contribution in [0.2, 0.25) is 0 Å². The summed E-state index contributed by atoms with van der Waals surface area (Å²) in [5.74, 6) is 1.20. The Bertz CT molecular complexity index is 648. The number of hydrogen-bond acceptors (Lipinski definition) is 3. The van der Waals surface area contributed by atoms with E-state index in [4.69, 9.17) is 9.47 Å². The zero-order valence-electron chi connectivity index (χ0n) is 13.4. The van der Waals surface area contributed by atoms with E-state index in [9.17, 15) is 4.79 Å². The molecule has 0 aromatic heterocycles. The Morgan fingerprint density at radius 2 is 1.70 bits per heavy atom. The first-order chi connectivity index (χ1) is 11.1. The molecule has 0 aliphatic rings. The van der Waals surface area contributed by atoms with Gasteiger partial charge in [0.25, 0.3) is 5.91 Å². The van der Waals surface area contributed by atoms with Crippen LogP contribution in [0.4, 0.5) is 0 Å². The zero-order valence-corrected chi connectivity index (χ0v) is 15.0. The molecule has 0 heterocycles. The van der Waals surface area contributed by atoms with Crippen LogP contribution in [0.1, 0.15) is 28.8 Å². The van der Waals surface area contributed by atoms with Gasteiger partial charge in [-0.25, -0.2) is 0 Å². The lowest BCUT2D eigenvalue weighted by Gasteiger charge is -2.15. The molecule has 23 heavy (non-hydrogen) atoms. The molecule has 0 spiro atoms. The second-order valence-corrected chi connectivity index (χ2v) is 6.01. The lowest BCUT2D eigenvalue weighted by molar-refractivity contribution is 0.0951. The van der Waals surface area contributed by atoms with Gasteiger partial charge in [-0.1, -0.05) is 37.3 Å². The Morgan fingerprint density at radius 1 is 1.13 bits per heavy atom. The summed E-state index contributed by atoms with van der Waals surface area (Å²) < 4.78 is 11.2. The van der Waals surface area contributed by atoms with Crippen molar-refractivity contribution in [3.05, 3.63) is 58.1 Å². The van der Waals surface area contributed by atoms with Crippen molar-refractivity contribution in [1.29, 1.82) is 0 Å². The van der Waals surface area contributed by atoms with Gasteiger partial charge in [-0.05, 0) is 39.5 Å². The number of carbonyl (C=O) groups is 1. The molecule has 122 valence electrons. The first-order valence-corrected chi connectivity index (χ1v) is 8.10. The van der Waals surface area contributed by atoms with Gasteiger partial charge in [0.05, 0.1) is 14.2 Å². The molecular formula is C18H20BrNO3. The summed E-state index contributed by atoms with van der Waals surface area (Å²) in [4.78, 5) is 12.4. The van der Waals surface area contributed by atoms with Crippen LogP contribution in [0, 0.1) is 0 Å². The van der Waals surface area contributed by atoms with Crippen molar-refractivity contribution in [1.82, 2.24) is 5.32 Å². The first kappa shape index (κ1) is 17.3. The topological polar surface area (TPSA) is 47.6 Å². The van der Waals surface area contributed by atoms with E-state index < -0.39 is 0 Å². The van der Waals surface area contributed by atoms with E-state index >= 15 is 0 Å². The van der Waals surface area contributed by atoms with Gasteiger partial charge < -0.3 is 14.8 Å². The van der Waals surface area contributed by atoms with Crippen molar-refractivity contribution in [2.45, 2.75) is 12.8 Å². The number of hydrogen-bond donors (Lipinski definition) is 1. The molecule has 2 rings (SSSR count). The molecule has 1 atom stereocenters. The quantitative estimate of drug-likeness (QED) is 0.827. The van der Waals surface area contributed by atoms with Crippen molar-refractivity contribution >= 4 is 21.8 Å². The van der Waals surface area contributed by atoms with Crippen molar-refractivity contribution in [2.75, 3.05) is 20.8 Å². The molecule has 0 saturated carbocycles. The van der Waals surface area contributed by atoms with Crippen LogP contribution in [-0.2, 0) is 0 Å². The molecular weight excluding hydrogens is 358 g/mol. The third-order valence-electron chi connectivity index (χ3n) is 3.65. The van der Waals surface area contributed by atoms with E-state index in [1.165, 1.54) is 5.56 Å². The summed E-state index contributed by atoms with van der Waals surface area (Å²) >= 11 is 3.40. The monoisotopic (exact) mass is 377 g/mol. The fourth-order valence-electron chi connectivity index (χ4n) is 2.25. The number of methoxy groups -OCH3 is 2. The number of rotatable bonds is 6. The number of ether oxygens (including phenoxy) is 2. The number of benzene rings is 2. The molecule has 0 bridgehead atoms. The maximum atomic E-state index is 12.4. The fourth-order valence-corrected chi connectivity index (χ4v) is 2.80. The predicted octanol–water partition coefficient (Wildman–Crippen LogP) is 4.00. The van der Waals surface area contributed by atoms with Crippen LogP contribution >= 0.6 is 15.9 Å². The summed E-state index contributed by atoms with van der Waals surface area (Å²) in [6.45, 7) is 2.64. The van der Waals surface area contributed by atoms with E-state index in [-0.39, 0.29) is 11.8 Å². The smallest absolute Gasteiger partial charge is 0.251 e. The van der Waals surface area contributed by atoms with Gasteiger partial charge in [-0.2, -0.15) is 0 Å². The highest BCUT2D eigenvalue weighted by Gasteiger charge is 2.15. The third-order valence-corrected chi connectivity index (χ3v) is 4.43. The molecule has 2 aromatic carbocycles. The van der Waals surface area contributed by atoms with Crippen molar-refractivity contribution in [3.63, 3.8) is 0 Å². The van der Waals surface area contributed by atoms with Crippen molar-refractivity contribution < 1.29 is 14.3 Å². The number of halogens is 1. The second kappa shape index (κ2) is 8.02. The molecule has 0 aliphatic heterocycles. The molecule has 5 heteroatoms. The summed E-state index contributed by atoms with van der Waals surface area (Å²) in [6.07, 6.45) is 0. The molecule has 0 unspecified atom stereocenters. The van der Waals surface area contributed by atoms with E-state index in [0.29, 0.717) is 28.1 Å². The van der Waals surface area contributed by atoms with Gasteiger partial charge in [0, 0.05) is 12.1 Å². The van der Waals surface area contributed by atoms with Gasteiger partial charge >= 0.3 is 0 Å². The highest BCUT2D eigenvalue weighted by molar-refractivity contribution is 9.10. The van der Waals surface area contributed by atoms with Crippen LogP contribution in [0.25, 0.3) is 0 Å². The minimum atomic E-state index is -0.156. The van der Waals surface area contributed by atoms with Crippen LogP contribution in [-0.4, -0.2) is 26.7 Å². The van der Waals surface area contributed by atoms with Crippen LogP contribution in [0.15, 0.2) is 46.9 Å². The lowest BCUT2D eigenvalue weighted by Crippen LogP contribution is -2.27. The minimum Gasteiger partial charge on any atom is -0.495 e. The maximum Gasteiger partial charge on any atom is 0.251 e. The Hall–Kier alpha value is -2.01. The molecule has 1 N–H and O–H groups in total. The summed E-state index contributed by atoms with van der Waals surface area (Å²) in [6, 6.07) is 13.5. The summed E-state index contributed by atoms with van der Waals surface area (Å²) in [7, 11) is 3.11. The SMILES string of the molecule is COc1cc(C(=O)NC[C@@H](C)c2ccccc2)cc(OC)c1Br. The molecule has 2 aromatic rings. The first-order valence-electron chi connectivity index (χ1n) is 7.31. The Balaban J connectivity index is 2.09. The Morgan fingerprint density at radius 3 is 2.22 bits per heavy atom. The normalized spacial score (nSPS) is 11.7. The summed E-state index contributed by atoms with van der Waals surface area (Å²) in [5, 5.41) is 2.95. The number of carbonyl (C=O) groups excluding carboxylic acids is 1. The van der Waals surface area contributed by atoms with Crippen LogP contribution < -0.4 is 14.8 Å². The average Bonchev–Trinajstić information content (AvgIpc) is 2.60. The lowest BCUT2D eigenvalue weighted by atomic mass is 10.0. The van der Waals surface area contributed by atoms with Crippen molar-refractivity contribution in [3.8, 4) is 11.5 Å². The van der Waals surface area contributed by atoms with Crippen molar-refractivity contribution in [2.24, 2.45) is 0 Å². The van der Waals surface area contributed by atoms with E-state index in [0.717, 1.165) is 0 Å². The third kappa shape index (κ3) is 4.26. The zero-order chi connectivity index (χ0) is 16.8. The number of amides is 1. The van der Waals surface area contributed by atoms with Gasteiger partial charge in [-0.3, -0.25) is 4.79 Å². The number of nitrogens with one attached hydrogen (secondary N) is 1. The minimum absolute atomic E-state index is 0.156. The van der Waals surface area contributed by atoms with E-state index in [2.05, 4.69) is 40.3 Å². The molecule has 0 radical (unpaired) electrons. The van der Waals surface area contributed by atoms with Gasteiger partial charge in [0.1, 0.15) is 16.0 Å². The largest absolute Gasteiger partial charge is 0.495 e. The predicted molar refractivity (Wildman–Crippen MR) is 94.4 cm³/mol. The molecule has 4 nitrogen and oxygen atoms in total. The van der Waals surface area contributed by atoms with E-state index in [1.807, 2.05) is 18.2 Å². The molecule has 0 fully saturated rings. The highest BCUT2D eigenvalue weighted by atomic mass is 79.9. The molecule has 1 amide bonds. The Kier molecular flexibility index (Phi) is 6.04. The molecule has 0 saturated heterocycles. The van der Waals surface area contributed by atoms with Gasteiger partial charge in [-0.15, -0.1) is 0 Å². The fraction of sp³-hybridized carbons (Fsp3) is 0.278. The van der Waals surface area contributed by atoms with Gasteiger partial charge in [0.2, 0.25) is 0 Å². The maximum absolute atomic E-state index is 12.4. The van der Waals surface area contributed by atoms with Crippen LogP contribution in [0.3, 0.4) is 0 Å². The Labute approximate surface area is 144 Å².